The van der Waals surface area contributed by atoms with Crippen molar-refractivity contribution in [3.63, 3.8) is 0 Å². The number of carbonyl (C=O) groups is 2. The predicted octanol–water partition coefficient (Wildman–Crippen LogP) is 16.5. The van der Waals surface area contributed by atoms with Crippen molar-refractivity contribution in [2.75, 3.05) is 5.75 Å². The van der Waals surface area contributed by atoms with Crippen LogP contribution in [0.4, 0.5) is 0 Å². The van der Waals surface area contributed by atoms with Gasteiger partial charge in [-0.05, 0) is 192 Å². The molecule has 6 aliphatic rings. The molecule has 22 heteroatoms. The minimum absolute atomic E-state index is 0.00708. The molecule has 6 aliphatic heterocycles. The topological polar surface area (TPSA) is 279 Å². The van der Waals surface area contributed by atoms with Gasteiger partial charge in [-0.2, -0.15) is 0 Å². The molecule has 16 nitrogen and oxygen atoms in total. The summed E-state index contributed by atoms with van der Waals surface area (Å²) in [5.74, 6) is -0.304. The number of hydrogen-bond acceptors (Lipinski definition) is 16. The van der Waals surface area contributed by atoms with Gasteiger partial charge in [0.2, 0.25) is 0 Å². The van der Waals surface area contributed by atoms with Crippen LogP contribution in [-0.4, -0.2) is 97.5 Å². The van der Waals surface area contributed by atoms with Crippen LogP contribution in [0.1, 0.15) is 276 Å². The zero-order valence-corrected chi connectivity index (χ0v) is 71.6. The Morgan fingerprint density at radius 1 is 0.410 bits per heavy atom. The standard InChI is InChI=1S/C16H22O3S.C15H22O3S.C14H20O3S.C14H18O3S.C12H16O2S.C12H14O2S/c1-15(2,3)10-7-8-11-12(9-10)20(18,19)14(13(11)17)16(4,5)6;1-13(2,3)10-7-8-11-12(9-10)19(17,18)14(4,5)15(11,6)16;2*1-13(2,3)9-6-7-10-11(8-9)18(16,17)14(4,5)12(10)15;2*1-12(2,3)10-5-4-9-6-7-15(13,14)11(9)8-10/h7-9,14H,1-6H3;7-9,16H,1-6H3;6-8,12,15H,1-5H3;6-8H,1-5H3;4-5,8H,6-7H2,1-3H3;4-8H,1-3H3. The average molecular weight is 1560 g/mol. The summed E-state index contributed by atoms with van der Waals surface area (Å²) in [5.41, 5.74) is 6.90. The molecule has 0 saturated carbocycles. The van der Waals surface area contributed by atoms with Crippen LogP contribution in [-0.2, 0) is 104 Å². The van der Waals surface area contributed by atoms with E-state index in [1.807, 2.05) is 138 Å². The van der Waals surface area contributed by atoms with Gasteiger partial charge < -0.3 is 10.2 Å². The number of aryl methyl sites for hydroxylation is 1. The Hall–Kier alpha value is -5.98. The molecule has 3 atom stereocenters. The number of aliphatic hydroxyl groups excluding tert-OH is 1. The first-order valence-corrected chi connectivity index (χ1v) is 44.5. The van der Waals surface area contributed by atoms with Crippen LogP contribution in [0, 0.1) is 5.41 Å². The highest BCUT2D eigenvalue weighted by atomic mass is 32.2. The largest absolute Gasteiger partial charge is 0.387 e. The fourth-order valence-corrected chi connectivity index (χ4v) is 23.6. The molecule has 105 heavy (non-hydrogen) atoms. The predicted molar refractivity (Wildman–Crippen MR) is 420 cm³/mol. The van der Waals surface area contributed by atoms with E-state index >= 15 is 0 Å². The molecule has 0 saturated heterocycles. The number of aliphatic hydroxyl groups is 2. The molecule has 3 unspecified atom stereocenters. The van der Waals surface area contributed by atoms with E-state index in [-0.39, 0.29) is 69.4 Å². The van der Waals surface area contributed by atoms with Crippen molar-refractivity contribution >= 4 is 76.7 Å². The minimum Gasteiger partial charge on any atom is -0.387 e. The molecule has 0 radical (unpaired) electrons. The number of carbonyl (C=O) groups excluding carboxylic acids is 2. The molecule has 6 aromatic carbocycles. The summed E-state index contributed by atoms with van der Waals surface area (Å²) in [5, 5.41) is 21.1. The van der Waals surface area contributed by atoms with E-state index in [2.05, 4.69) is 41.5 Å². The number of hydrogen-bond donors (Lipinski definition) is 2. The van der Waals surface area contributed by atoms with Crippen molar-refractivity contribution in [2.24, 2.45) is 5.41 Å². The maximum Gasteiger partial charge on any atom is 0.200 e. The van der Waals surface area contributed by atoms with E-state index in [4.69, 9.17) is 0 Å². The Balaban J connectivity index is 0.000000176. The van der Waals surface area contributed by atoms with Crippen molar-refractivity contribution in [3.8, 4) is 0 Å². The first-order valence-electron chi connectivity index (χ1n) is 35.3. The normalized spacial score (nSPS) is 22.3. The second-order valence-electron chi connectivity index (χ2n) is 37.5. The molecule has 576 valence electrons. The Bertz CT molecular complexity index is 5230. The second kappa shape index (κ2) is 27.2. The van der Waals surface area contributed by atoms with Crippen molar-refractivity contribution in [2.45, 2.75) is 293 Å². The number of rotatable bonds is 0. The van der Waals surface area contributed by atoms with Gasteiger partial charge in [-0.25, -0.2) is 50.5 Å². The van der Waals surface area contributed by atoms with Gasteiger partial charge in [-0.3, -0.25) is 9.59 Å². The summed E-state index contributed by atoms with van der Waals surface area (Å²) in [6.45, 7) is 53.1. The molecule has 6 aromatic rings. The van der Waals surface area contributed by atoms with Gasteiger partial charge in [0, 0.05) is 27.7 Å². The second-order valence-corrected chi connectivity index (χ2v) is 50.8. The fraction of sp³-hybridized carbons (Fsp3) is 0.518. The number of sulfone groups is 6. The summed E-state index contributed by atoms with van der Waals surface area (Å²) >= 11 is 0. The van der Waals surface area contributed by atoms with Gasteiger partial charge in [0.25, 0.3) is 0 Å². The van der Waals surface area contributed by atoms with E-state index < -0.39 is 95.6 Å². The van der Waals surface area contributed by atoms with Crippen LogP contribution in [0.2, 0.25) is 0 Å². The van der Waals surface area contributed by atoms with Crippen LogP contribution >= 0.6 is 0 Å². The molecule has 6 heterocycles. The number of ketones is 2. The molecule has 0 aliphatic carbocycles. The van der Waals surface area contributed by atoms with E-state index in [1.54, 1.807) is 116 Å². The van der Waals surface area contributed by atoms with Crippen molar-refractivity contribution in [3.05, 3.63) is 181 Å². The summed E-state index contributed by atoms with van der Waals surface area (Å²) in [6, 6.07) is 32.6. The Morgan fingerprint density at radius 2 is 0.790 bits per heavy atom. The summed E-state index contributed by atoms with van der Waals surface area (Å²) in [7, 11) is -20.3. The monoisotopic (exact) mass is 1560 g/mol. The van der Waals surface area contributed by atoms with Crippen LogP contribution in [0.25, 0.3) is 6.08 Å². The van der Waals surface area contributed by atoms with Crippen LogP contribution < -0.4 is 0 Å². The lowest BCUT2D eigenvalue weighted by molar-refractivity contribution is 0.0263. The van der Waals surface area contributed by atoms with E-state index in [0.717, 1.165) is 44.5 Å². The van der Waals surface area contributed by atoms with Gasteiger partial charge in [0.1, 0.15) is 25.1 Å². The summed E-state index contributed by atoms with van der Waals surface area (Å²) < 4.78 is 143. The fourth-order valence-electron chi connectivity index (χ4n) is 13.0. The molecule has 0 amide bonds. The third kappa shape index (κ3) is 16.0. The summed E-state index contributed by atoms with van der Waals surface area (Å²) in [4.78, 5) is 26.5. The van der Waals surface area contributed by atoms with E-state index in [9.17, 15) is 70.3 Å². The zero-order valence-electron chi connectivity index (χ0n) is 66.7. The SMILES string of the molecule is CC(C)(C)c1ccc2c(c1)S(=O)(=O)C(C(C)(C)C)C2=O.CC(C)(C)c1ccc2c(c1)S(=O)(=O)C(C)(C)C2(C)O.CC(C)(C)c1ccc2c(c1)S(=O)(=O)C(C)(C)C2=O.CC(C)(C)c1ccc2c(c1)S(=O)(=O)C(C)(C)C2O.CC(C)(C)c1ccc2c(c1)S(=O)(=O)C=C2.CC(C)(C)c1ccc2c(c1)S(=O)(=O)CC2. The lowest BCUT2D eigenvalue weighted by atomic mass is 9.82. The smallest absolute Gasteiger partial charge is 0.200 e. The lowest BCUT2D eigenvalue weighted by Gasteiger charge is -2.31. The van der Waals surface area contributed by atoms with Crippen LogP contribution in [0.15, 0.2) is 144 Å². The molecular formula is C83H112O16S6. The first kappa shape index (κ1) is 86.3. The number of benzene rings is 6. The third-order valence-corrected chi connectivity index (χ3v) is 34.6. The molecule has 0 fully saturated rings. The molecule has 0 spiro atoms. The van der Waals surface area contributed by atoms with Crippen molar-refractivity contribution in [1.82, 2.24) is 0 Å². The Morgan fingerprint density at radius 3 is 1.25 bits per heavy atom. The molecule has 0 bridgehead atoms. The van der Waals surface area contributed by atoms with Gasteiger partial charge in [-0.15, -0.1) is 0 Å². The molecular weight excluding hydrogens is 1450 g/mol. The maximum absolute atomic E-state index is 12.7. The molecule has 2 N–H and O–H groups in total. The zero-order chi connectivity index (χ0) is 80.8. The highest BCUT2D eigenvalue weighted by Crippen LogP contribution is 2.52. The quantitative estimate of drug-likeness (QED) is 0.143. The average Bonchev–Trinajstić information content (AvgIpc) is 1.58. The van der Waals surface area contributed by atoms with E-state index in [0.29, 0.717) is 38.5 Å². The highest BCUT2D eigenvalue weighted by Gasteiger charge is 2.59. The summed E-state index contributed by atoms with van der Waals surface area (Å²) in [6.07, 6.45) is 1.37. The Labute approximate surface area is 628 Å². The maximum atomic E-state index is 12.7. The van der Waals surface area contributed by atoms with E-state index in [1.165, 1.54) is 19.3 Å². The Kier molecular flexibility index (Phi) is 22.4. The highest BCUT2D eigenvalue weighted by molar-refractivity contribution is 7.95. The lowest BCUT2D eigenvalue weighted by Crippen LogP contribution is -2.44. The first-order chi connectivity index (χ1) is 46.8. The molecule has 0 aromatic heterocycles. The molecule has 12 rings (SSSR count). The van der Waals surface area contributed by atoms with Crippen LogP contribution in [0.3, 0.4) is 0 Å². The van der Waals surface area contributed by atoms with Gasteiger partial charge in [0.15, 0.2) is 70.6 Å². The van der Waals surface area contributed by atoms with Gasteiger partial charge >= 0.3 is 0 Å². The number of Topliss-reactive ketones (excluding diaryl/α,β-unsaturated/α-hetero) is 2. The van der Waals surface area contributed by atoms with Crippen molar-refractivity contribution < 1.29 is 70.3 Å². The minimum atomic E-state index is -3.59. The number of fused-ring (bicyclic) bond motifs is 6. The van der Waals surface area contributed by atoms with Gasteiger partial charge in [0.05, 0.1) is 41.2 Å². The van der Waals surface area contributed by atoms with Crippen LogP contribution in [0.5, 0.6) is 0 Å². The van der Waals surface area contributed by atoms with Gasteiger partial charge in [-0.1, -0.05) is 206 Å². The third-order valence-electron chi connectivity index (χ3n) is 21.2. The van der Waals surface area contributed by atoms with Crippen molar-refractivity contribution in [1.29, 1.82) is 0 Å².